The van der Waals surface area contributed by atoms with Gasteiger partial charge in [-0.2, -0.15) is 0 Å². The van der Waals surface area contributed by atoms with Gasteiger partial charge in [0.2, 0.25) is 0 Å². The lowest BCUT2D eigenvalue weighted by Gasteiger charge is -2.19. The molecule has 204 valence electrons. The Labute approximate surface area is 230 Å². The molecule has 0 saturated heterocycles. The highest BCUT2D eigenvalue weighted by Gasteiger charge is 2.15. The molecule has 0 N–H and O–H groups in total. The van der Waals surface area contributed by atoms with E-state index in [0.717, 1.165) is 22.7 Å². The van der Waals surface area contributed by atoms with Crippen LogP contribution in [0.15, 0.2) is 82.6 Å². The normalized spacial score (nSPS) is 11.6. The summed E-state index contributed by atoms with van der Waals surface area (Å²) in [6, 6.07) is 23.3. The van der Waals surface area contributed by atoms with Gasteiger partial charge < -0.3 is 14.2 Å². The fourth-order valence-corrected chi connectivity index (χ4v) is 4.20. The summed E-state index contributed by atoms with van der Waals surface area (Å²) in [6.07, 6.45) is 1.68. The number of ether oxygens (including phenoxy) is 3. The third kappa shape index (κ3) is 6.60. The van der Waals surface area contributed by atoms with E-state index in [1.165, 1.54) is 5.56 Å². The van der Waals surface area contributed by atoms with Crippen LogP contribution in [0.25, 0.3) is 5.69 Å². The molecule has 0 amide bonds. The van der Waals surface area contributed by atoms with E-state index in [0.29, 0.717) is 37.0 Å². The van der Waals surface area contributed by atoms with Crippen LogP contribution >= 0.6 is 0 Å². The minimum atomic E-state index is -0.171. The van der Waals surface area contributed by atoms with E-state index in [2.05, 4.69) is 37.9 Å². The van der Waals surface area contributed by atoms with Gasteiger partial charge in [0, 0.05) is 13.3 Å². The van der Waals surface area contributed by atoms with Gasteiger partial charge in [-0.05, 0) is 72.9 Å². The van der Waals surface area contributed by atoms with Gasteiger partial charge in [0.1, 0.15) is 19.0 Å². The summed E-state index contributed by atoms with van der Waals surface area (Å²) >= 11 is 0. The monoisotopic (exact) mass is 527 g/mol. The summed E-state index contributed by atoms with van der Waals surface area (Å²) in [6.45, 7) is 11.6. The second-order valence-corrected chi connectivity index (χ2v) is 10.3. The molecule has 0 saturated carbocycles. The first-order valence-corrected chi connectivity index (χ1v) is 13.2. The molecule has 0 spiro atoms. The molecule has 7 heteroatoms. The predicted molar refractivity (Wildman–Crippen MR) is 157 cm³/mol. The number of aliphatic imine (C=N–C) groups is 1. The van der Waals surface area contributed by atoms with Crippen LogP contribution in [0, 0.1) is 6.92 Å². The Balaban J connectivity index is 1.43. The third-order valence-corrected chi connectivity index (χ3v) is 6.46. The predicted octanol–water partition coefficient (Wildman–Crippen LogP) is 6.39. The van der Waals surface area contributed by atoms with Gasteiger partial charge in [-0.3, -0.25) is 9.48 Å². The quantitative estimate of drug-likeness (QED) is 0.177. The van der Waals surface area contributed by atoms with Gasteiger partial charge in [0.05, 0.1) is 18.0 Å². The molecular formula is C32H37N3O4. The molecule has 0 unspecified atom stereocenters. The van der Waals surface area contributed by atoms with Crippen molar-refractivity contribution in [2.75, 3.05) is 19.8 Å². The smallest absolute Gasteiger partial charge is 0.297 e. The van der Waals surface area contributed by atoms with Crippen molar-refractivity contribution in [1.29, 1.82) is 0 Å². The molecule has 1 aromatic heterocycles. The van der Waals surface area contributed by atoms with Gasteiger partial charge in [0.25, 0.3) is 5.56 Å². The molecule has 0 aliphatic rings. The second-order valence-electron chi connectivity index (χ2n) is 10.3. The Kier molecular flexibility index (Phi) is 8.59. The van der Waals surface area contributed by atoms with Gasteiger partial charge in [-0.15, -0.1) is 0 Å². The van der Waals surface area contributed by atoms with Gasteiger partial charge in [-0.1, -0.05) is 51.1 Å². The van der Waals surface area contributed by atoms with Crippen molar-refractivity contribution in [2.24, 2.45) is 12.0 Å². The van der Waals surface area contributed by atoms with Crippen molar-refractivity contribution in [3.63, 3.8) is 0 Å². The van der Waals surface area contributed by atoms with Gasteiger partial charge >= 0.3 is 0 Å². The standard InChI is InChI=1S/C32H37N3O4/c1-7-37-29-21-24(22-33-30-23(2)34(6)35(31(30)36)26-11-9-8-10-12-26)13-18-28(29)39-20-19-38-27-16-14-25(15-17-27)32(3,4)5/h8-18,21-22H,7,19-20H2,1-6H3. The van der Waals surface area contributed by atoms with Crippen LogP contribution in [-0.2, 0) is 12.5 Å². The molecule has 0 aliphatic carbocycles. The topological polar surface area (TPSA) is 67.0 Å². The Hall–Kier alpha value is -4.26. The van der Waals surface area contributed by atoms with Crippen LogP contribution in [0.2, 0.25) is 0 Å². The molecule has 1 heterocycles. The average Bonchev–Trinajstić information content (AvgIpc) is 3.13. The summed E-state index contributed by atoms with van der Waals surface area (Å²) in [5.74, 6) is 2.05. The Morgan fingerprint density at radius 2 is 1.56 bits per heavy atom. The Morgan fingerprint density at radius 1 is 0.872 bits per heavy atom. The van der Waals surface area contributed by atoms with Gasteiger partial charge in [-0.25, -0.2) is 9.67 Å². The largest absolute Gasteiger partial charge is 0.490 e. The lowest BCUT2D eigenvalue weighted by Crippen LogP contribution is -2.19. The maximum Gasteiger partial charge on any atom is 0.297 e. The van der Waals surface area contributed by atoms with Crippen LogP contribution < -0.4 is 19.8 Å². The van der Waals surface area contributed by atoms with Crippen LogP contribution in [0.1, 0.15) is 44.5 Å². The van der Waals surface area contributed by atoms with Crippen molar-refractivity contribution in [2.45, 2.75) is 40.0 Å². The highest BCUT2D eigenvalue weighted by molar-refractivity contribution is 5.83. The van der Waals surface area contributed by atoms with Crippen molar-refractivity contribution in [3.05, 3.63) is 100.0 Å². The van der Waals surface area contributed by atoms with E-state index < -0.39 is 0 Å². The lowest BCUT2D eigenvalue weighted by atomic mass is 9.87. The van der Waals surface area contributed by atoms with Crippen LogP contribution in [0.3, 0.4) is 0 Å². The summed E-state index contributed by atoms with van der Waals surface area (Å²) in [7, 11) is 1.85. The van der Waals surface area contributed by atoms with E-state index in [-0.39, 0.29) is 11.0 Å². The summed E-state index contributed by atoms with van der Waals surface area (Å²) < 4.78 is 21.1. The van der Waals surface area contributed by atoms with E-state index >= 15 is 0 Å². The Bertz CT molecular complexity index is 1480. The maximum atomic E-state index is 13.1. The minimum Gasteiger partial charge on any atom is -0.490 e. The zero-order chi connectivity index (χ0) is 28.0. The number of hydrogen-bond acceptors (Lipinski definition) is 5. The first kappa shape index (κ1) is 27.8. The molecule has 0 fully saturated rings. The van der Waals surface area contributed by atoms with Crippen LogP contribution in [0.5, 0.6) is 17.2 Å². The first-order valence-electron chi connectivity index (χ1n) is 13.2. The maximum absolute atomic E-state index is 13.1. The molecule has 7 nitrogen and oxygen atoms in total. The zero-order valence-corrected chi connectivity index (χ0v) is 23.6. The van der Waals surface area contributed by atoms with Crippen LogP contribution in [-0.4, -0.2) is 35.4 Å². The third-order valence-electron chi connectivity index (χ3n) is 6.46. The number of nitrogens with zero attached hydrogens (tertiary/aromatic N) is 3. The SMILES string of the molecule is CCOc1cc(C=Nc2c(C)n(C)n(-c3ccccc3)c2=O)ccc1OCCOc1ccc(C(C)(C)C)cc1. The Morgan fingerprint density at radius 3 is 2.23 bits per heavy atom. The minimum absolute atomic E-state index is 0.107. The molecule has 4 rings (SSSR count). The number of hydrogen-bond donors (Lipinski definition) is 0. The van der Waals surface area contributed by atoms with Crippen molar-refractivity contribution in [1.82, 2.24) is 9.36 Å². The summed E-state index contributed by atoms with van der Waals surface area (Å²) in [5, 5.41) is 0. The lowest BCUT2D eigenvalue weighted by molar-refractivity contribution is 0.208. The molecular weight excluding hydrogens is 490 g/mol. The summed E-state index contributed by atoms with van der Waals surface area (Å²) in [5.41, 5.74) is 3.96. The molecule has 0 aliphatic heterocycles. The summed E-state index contributed by atoms with van der Waals surface area (Å²) in [4.78, 5) is 17.7. The molecule has 0 radical (unpaired) electrons. The van der Waals surface area contributed by atoms with Crippen molar-refractivity contribution in [3.8, 4) is 22.9 Å². The fraction of sp³-hybridized carbons (Fsp3) is 0.312. The van der Waals surface area contributed by atoms with E-state index in [4.69, 9.17) is 14.2 Å². The molecule has 3 aromatic carbocycles. The van der Waals surface area contributed by atoms with E-state index in [1.807, 2.05) is 86.2 Å². The van der Waals surface area contributed by atoms with Crippen molar-refractivity contribution < 1.29 is 14.2 Å². The first-order chi connectivity index (χ1) is 18.7. The van der Waals surface area contributed by atoms with Crippen molar-refractivity contribution >= 4 is 11.9 Å². The zero-order valence-electron chi connectivity index (χ0n) is 23.6. The van der Waals surface area contributed by atoms with Crippen LogP contribution in [0.4, 0.5) is 5.69 Å². The highest BCUT2D eigenvalue weighted by atomic mass is 16.5. The number of benzene rings is 3. The van der Waals surface area contributed by atoms with Gasteiger partial charge in [0.15, 0.2) is 17.2 Å². The molecule has 39 heavy (non-hydrogen) atoms. The highest BCUT2D eigenvalue weighted by Crippen LogP contribution is 2.29. The van der Waals surface area contributed by atoms with E-state index in [1.54, 1.807) is 10.9 Å². The molecule has 0 atom stereocenters. The average molecular weight is 528 g/mol. The molecule has 4 aromatic rings. The number of para-hydroxylation sites is 1. The number of aromatic nitrogens is 2. The van der Waals surface area contributed by atoms with E-state index in [9.17, 15) is 4.79 Å². The molecule has 0 bridgehead atoms. The number of rotatable bonds is 10. The second kappa shape index (κ2) is 12.1. The fourth-order valence-electron chi connectivity index (χ4n) is 4.20.